The summed E-state index contributed by atoms with van der Waals surface area (Å²) in [5.41, 5.74) is 0.440. The fraction of sp³-hybridized carbons (Fsp3) is 0.667. The largest absolute Gasteiger partial charge is 0.476 e. The third kappa shape index (κ3) is 2.77. The average molecular weight is 229 g/mol. The number of carboxylic acids is 1. The topological polar surface area (TPSA) is 97.5 Å². The van der Waals surface area contributed by atoms with Crippen molar-refractivity contribution in [1.29, 1.82) is 0 Å². The van der Waals surface area contributed by atoms with Crippen LogP contribution in [0.1, 0.15) is 23.1 Å². The number of ether oxygens (including phenoxy) is 1. The van der Waals surface area contributed by atoms with Gasteiger partial charge in [-0.15, -0.1) is 5.10 Å². The Hall–Kier alpha value is -1.47. The first kappa shape index (κ1) is 12.6. The molecular formula is C9H15N3O4. The summed E-state index contributed by atoms with van der Waals surface area (Å²) in [5, 5.41) is 25.6. The molecule has 1 aromatic heterocycles. The number of aromatic nitrogens is 3. The van der Waals surface area contributed by atoms with E-state index >= 15 is 0 Å². The molecule has 0 saturated carbocycles. The second-order valence-corrected chi connectivity index (χ2v) is 3.33. The van der Waals surface area contributed by atoms with Crippen molar-refractivity contribution in [3.8, 4) is 0 Å². The van der Waals surface area contributed by atoms with Crippen molar-refractivity contribution in [3.63, 3.8) is 0 Å². The Morgan fingerprint density at radius 2 is 2.31 bits per heavy atom. The summed E-state index contributed by atoms with van der Waals surface area (Å²) in [5.74, 6) is -1.11. The molecule has 7 nitrogen and oxygen atoms in total. The molecule has 1 aromatic rings. The zero-order chi connectivity index (χ0) is 12.1. The molecule has 0 aliphatic heterocycles. The fourth-order valence-electron chi connectivity index (χ4n) is 1.44. The molecule has 0 aromatic carbocycles. The zero-order valence-electron chi connectivity index (χ0n) is 9.25. The van der Waals surface area contributed by atoms with Crippen LogP contribution in [0.15, 0.2) is 0 Å². The number of hydrogen-bond donors (Lipinski definition) is 2. The predicted octanol–water partition coefficient (Wildman–Crippen LogP) is -0.454. The van der Waals surface area contributed by atoms with Crippen molar-refractivity contribution in [2.75, 3.05) is 13.7 Å². The highest BCUT2D eigenvalue weighted by Gasteiger charge is 2.18. The first-order valence-corrected chi connectivity index (χ1v) is 4.92. The third-order valence-electron chi connectivity index (χ3n) is 2.12. The van der Waals surface area contributed by atoms with Crippen molar-refractivity contribution in [2.24, 2.45) is 0 Å². The standard InChI is InChI=1S/C9H15N3O4/c1-3-7-8(9(14)15)10-11-12(7)4-6(13)5-16-2/h6,13H,3-5H2,1-2H3,(H,14,15). The van der Waals surface area contributed by atoms with E-state index in [1.165, 1.54) is 11.8 Å². The fourth-order valence-corrected chi connectivity index (χ4v) is 1.44. The van der Waals surface area contributed by atoms with Crippen LogP contribution < -0.4 is 0 Å². The summed E-state index contributed by atoms with van der Waals surface area (Å²) < 4.78 is 6.17. The predicted molar refractivity (Wildman–Crippen MR) is 54.2 cm³/mol. The van der Waals surface area contributed by atoms with Crippen LogP contribution in [0.2, 0.25) is 0 Å². The highest BCUT2D eigenvalue weighted by molar-refractivity contribution is 5.86. The van der Waals surface area contributed by atoms with Gasteiger partial charge in [-0.1, -0.05) is 12.1 Å². The molecular weight excluding hydrogens is 214 g/mol. The van der Waals surface area contributed by atoms with Crippen molar-refractivity contribution >= 4 is 5.97 Å². The monoisotopic (exact) mass is 229 g/mol. The summed E-state index contributed by atoms with van der Waals surface area (Å²) in [6, 6.07) is 0. The Labute approximate surface area is 92.6 Å². The van der Waals surface area contributed by atoms with E-state index in [0.29, 0.717) is 12.1 Å². The van der Waals surface area contributed by atoms with Gasteiger partial charge in [0.05, 0.1) is 24.9 Å². The Kier molecular flexibility index (Phi) is 4.39. The van der Waals surface area contributed by atoms with Crippen molar-refractivity contribution in [3.05, 3.63) is 11.4 Å². The highest BCUT2D eigenvalue weighted by Crippen LogP contribution is 2.07. The maximum Gasteiger partial charge on any atom is 0.358 e. The van der Waals surface area contributed by atoms with Crippen LogP contribution in [-0.2, 0) is 17.7 Å². The van der Waals surface area contributed by atoms with Crippen LogP contribution in [0.3, 0.4) is 0 Å². The number of aromatic carboxylic acids is 1. The summed E-state index contributed by atoms with van der Waals surface area (Å²) in [4.78, 5) is 10.8. The Morgan fingerprint density at radius 3 is 2.81 bits per heavy atom. The maximum absolute atomic E-state index is 10.8. The minimum Gasteiger partial charge on any atom is -0.476 e. The molecule has 0 aliphatic carbocycles. The number of nitrogens with zero attached hydrogens (tertiary/aromatic N) is 3. The third-order valence-corrected chi connectivity index (χ3v) is 2.12. The highest BCUT2D eigenvalue weighted by atomic mass is 16.5. The van der Waals surface area contributed by atoms with Gasteiger partial charge in [0.1, 0.15) is 0 Å². The normalized spacial score (nSPS) is 12.7. The van der Waals surface area contributed by atoms with Crippen LogP contribution in [0, 0.1) is 0 Å². The molecule has 0 spiro atoms. The summed E-state index contributed by atoms with van der Waals surface area (Å²) in [6.45, 7) is 2.16. The van der Waals surface area contributed by atoms with E-state index in [1.54, 1.807) is 0 Å². The number of hydrogen-bond acceptors (Lipinski definition) is 5. The van der Waals surface area contributed by atoms with Gasteiger partial charge in [0.25, 0.3) is 0 Å². The van der Waals surface area contributed by atoms with Gasteiger partial charge in [0, 0.05) is 7.11 Å². The van der Waals surface area contributed by atoms with Gasteiger partial charge in [0.15, 0.2) is 5.69 Å². The second-order valence-electron chi connectivity index (χ2n) is 3.33. The molecule has 0 radical (unpaired) electrons. The Morgan fingerprint density at radius 1 is 1.62 bits per heavy atom. The lowest BCUT2D eigenvalue weighted by molar-refractivity contribution is 0.0504. The van der Waals surface area contributed by atoms with Gasteiger partial charge in [-0.3, -0.25) is 0 Å². The van der Waals surface area contributed by atoms with Gasteiger partial charge in [-0.2, -0.15) is 0 Å². The number of carboxylic acid groups (broad SMARTS) is 1. The molecule has 1 atom stereocenters. The molecule has 0 bridgehead atoms. The van der Waals surface area contributed by atoms with E-state index in [2.05, 4.69) is 10.3 Å². The molecule has 0 fully saturated rings. The molecule has 16 heavy (non-hydrogen) atoms. The number of aliphatic hydroxyl groups is 1. The number of methoxy groups -OCH3 is 1. The van der Waals surface area contributed by atoms with Gasteiger partial charge in [0.2, 0.25) is 0 Å². The minimum absolute atomic E-state index is 0.0629. The van der Waals surface area contributed by atoms with E-state index in [0.717, 1.165) is 0 Å². The van der Waals surface area contributed by atoms with E-state index in [-0.39, 0.29) is 18.8 Å². The lowest BCUT2D eigenvalue weighted by Gasteiger charge is -2.10. The van der Waals surface area contributed by atoms with E-state index in [4.69, 9.17) is 9.84 Å². The SMILES string of the molecule is CCc1c(C(=O)O)nnn1CC(O)COC. The summed E-state index contributed by atoms with van der Waals surface area (Å²) in [7, 11) is 1.48. The van der Waals surface area contributed by atoms with E-state index in [1.807, 2.05) is 6.92 Å². The molecule has 7 heteroatoms. The van der Waals surface area contributed by atoms with Crippen LogP contribution in [0.4, 0.5) is 0 Å². The van der Waals surface area contributed by atoms with Crippen LogP contribution >= 0.6 is 0 Å². The maximum atomic E-state index is 10.8. The van der Waals surface area contributed by atoms with E-state index < -0.39 is 12.1 Å². The molecule has 0 aliphatic rings. The average Bonchev–Trinajstić information content (AvgIpc) is 2.61. The summed E-state index contributed by atoms with van der Waals surface area (Å²) in [6.07, 6.45) is -0.229. The van der Waals surface area contributed by atoms with Crippen LogP contribution in [0.25, 0.3) is 0 Å². The number of aliphatic hydroxyl groups excluding tert-OH is 1. The molecule has 1 heterocycles. The number of rotatable bonds is 6. The molecule has 0 saturated heterocycles. The summed E-state index contributed by atoms with van der Waals surface area (Å²) >= 11 is 0. The van der Waals surface area contributed by atoms with Crippen molar-refractivity contribution in [1.82, 2.24) is 15.0 Å². The molecule has 90 valence electrons. The van der Waals surface area contributed by atoms with Gasteiger partial charge in [-0.05, 0) is 6.42 Å². The molecule has 0 amide bonds. The van der Waals surface area contributed by atoms with Crippen LogP contribution in [-0.4, -0.2) is 51.0 Å². The minimum atomic E-state index is -1.11. The first-order chi connectivity index (χ1) is 7.60. The van der Waals surface area contributed by atoms with Crippen molar-refractivity contribution in [2.45, 2.75) is 26.0 Å². The van der Waals surface area contributed by atoms with E-state index in [9.17, 15) is 9.90 Å². The van der Waals surface area contributed by atoms with Crippen LogP contribution in [0.5, 0.6) is 0 Å². The number of carbonyl (C=O) groups is 1. The van der Waals surface area contributed by atoms with Gasteiger partial charge < -0.3 is 14.9 Å². The molecule has 1 unspecified atom stereocenters. The lowest BCUT2D eigenvalue weighted by Crippen LogP contribution is -2.23. The molecule has 1 rings (SSSR count). The smallest absolute Gasteiger partial charge is 0.358 e. The van der Waals surface area contributed by atoms with Gasteiger partial charge in [-0.25, -0.2) is 9.48 Å². The Balaban J connectivity index is 2.84. The second kappa shape index (κ2) is 5.57. The quantitative estimate of drug-likeness (QED) is 0.685. The Bertz CT molecular complexity index is 364. The lowest BCUT2D eigenvalue weighted by atomic mass is 10.2. The molecule has 2 N–H and O–H groups in total. The van der Waals surface area contributed by atoms with Crippen molar-refractivity contribution < 1.29 is 19.7 Å². The first-order valence-electron chi connectivity index (χ1n) is 4.92. The zero-order valence-corrected chi connectivity index (χ0v) is 9.25. The van der Waals surface area contributed by atoms with Gasteiger partial charge >= 0.3 is 5.97 Å².